The van der Waals surface area contributed by atoms with Crippen LogP contribution >= 0.6 is 0 Å². The van der Waals surface area contributed by atoms with E-state index in [1.807, 2.05) is 13.0 Å². The van der Waals surface area contributed by atoms with Crippen LogP contribution in [0.4, 0.5) is 19.1 Å². The zero-order chi connectivity index (χ0) is 24.7. The fraction of sp³-hybridized carbons (Fsp3) is 0.182. The monoisotopic (exact) mass is 486 g/mol. The van der Waals surface area contributed by atoms with Crippen LogP contribution in [0.3, 0.4) is 0 Å². The van der Waals surface area contributed by atoms with Gasteiger partial charge in [0.25, 0.3) is 0 Å². The molecule has 4 aromatic rings. The van der Waals surface area contributed by atoms with E-state index in [0.29, 0.717) is 0 Å². The fourth-order valence-corrected chi connectivity index (χ4v) is 4.00. The lowest BCUT2D eigenvalue weighted by Crippen LogP contribution is -2.10. The van der Waals surface area contributed by atoms with Crippen molar-refractivity contribution in [2.24, 2.45) is 0 Å². The molecule has 12 heteroatoms. The highest BCUT2D eigenvalue weighted by Crippen LogP contribution is 2.35. The number of H-pyrrole nitrogens is 1. The van der Waals surface area contributed by atoms with E-state index in [4.69, 9.17) is 0 Å². The Hall–Kier alpha value is -3.98. The molecule has 0 saturated carbocycles. The van der Waals surface area contributed by atoms with E-state index in [1.54, 1.807) is 12.1 Å². The normalized spacial score (nSPS) is 12.9. The number of halogens is 3. The minimum absolute atomic E-state index is 0.0778. The summed E-state index contributed by atoms with van der Waals surface area (Å²) in [6.45, 7) is 1.81. The first-order chi connectivity index (χ1) is 16.0. The van der Waals surface area contributed by atoms with E-state index in [-0.39, 0.29) is 44.7 Å². The molecule has 0 fully saturated rings. The average Bonchev–Trinajstić information content (AvgIpc) is 3.21. The zero-order valence-corrected chi connectivity index (χ0v) is 18.7. The van der Waals surface area contributed by atoms with Gasteiger partial charge < -0.3 is 10.3 Å². The SMILES string of the molecule is CC(Nc1ncc(C#N)c(-c2c[nH]c3ncc(C(F)(F)F)cc23)n1)c1ccc(S(C)(=O)=O)cc1. The number of hydrogen-bond donors (Lipinski definition) is 2. The van der Waals surface area contributed by atoms with Crippen LogP contribution in [0.15, 0.2) is 53.8 Å². The Balaban J connectivity index is 1.70. The Labute approximate surface area is 192 Å². The Bertz CT molecular complexity index is 1520. The molecule has 1 unspecified atom stereocenters. The molecular formula is C22H17F3N6O2S. The fourth-order valence-electron chi connectivity index (χ4n) is 3.37. The molecule has 0 aliphatic rings. The molecule has 34 heavy (non-hydrogen) atoms. The number of hydrogen-bond acceptors (Lipinski definition) is 7. The third-order valence-electron chi connectivity index (χ3n) is 5.18. The number of nitrogens with one attached hydrogen (secondary N) is 2. The van der Waals surface area contributed by atoms with Crippen molar-refractivity contribution >= 4 is 26.8 Å². The third kappa shape index (κ3) is 4.55. The number of fused-ring (bicyclic) bond motifs is 1. The molecule has 0 bridgehead atoms. The quantitative estimate of drug-likeness (QED) is 0.426. The van der Waals surface area contributed by atoms with Crippen molar-refractivity contribution in [2.45, 2.75) is 24.0 Å². The highest BCUT2D eigenvalue weighted by Gasteiger charge is 2.31. The summed E-state index contributed by atoms with van der Waals surface area (Å²) in [5.41, 5.74) is 0.562. The molecule has 0 saturated heterocycles. The van der Waals surface area contributed by atoms with Crippen LogP contribution in [-0.2, 0) is 16.0 Å². The topological polar surface area (TPSA) is 124 Å². The second-order valence-electron chi connectivity index (χ2n) is 7.60. The first-order valence-corrected chi connectivity index (χ1v) is 11.7. The average molecular weight is 486 g/mol. The summed E-state index contributed by atoms with van der Waals surface area (Å²) in [7, 11) is -3.33. The van der Waals surface area contributed by atoms with Crippen molar-refractivity contribution in [3.63, 3.8) is 0 Å². The molecular weight excluding hydrogens is 469 g/mol. The predicted octanol–water partition coefficient (Wildman–Crippen LogP) is 4.49. The molecule has 2 N–H and O–H groups in total. The van der Waals surface area contributed by atoms with E-state index >= 15 is 0 Å². The molecule has 0 aliphatic carbocycles. The van der Waals surface area contributed by atoms with Crippen LogP contribution in [0.1, 0.15) is 29.7 Å². The Morgan fingerprint density at radius 3 is 2.47 bits per heavy atom. The van der Waals surface area contributed by atoms with Crippen LogP contribution in [0.5, 0.6) is 0 Å². The summed E-state index contributed by atoms with van der Waals surface area (Å²) in [4.78, 5) is 15.3. The number of aromatic nitrogens is 4. The minimum Gasteiger partial charge on any atom is -0.348 e. The Kier molecular flexibility index (Phi) is 5.74. The predicted molar refractivity (Wildman–Crippen MR) is 118 cm³/mol. The highest BCUT2D eigenvalue weighted by atomic mass is 32.2. The van der Waals surface area contributed by atoms with E-state index < -0.39 is 21.6 Å². The summed E-state index contributed by atoms with van der Waals surface area (Å²) < 4.78 is 62.9. The van der Waals surface area contributed by atoms with Gasteiger partial charge in [-0.15, -0.1) is 0 Å². The molecule has 0 radical (unpaired) electrons. The molecule has 0 amide bonds. The number of benzene rings is 1. The lowest BCUT2D eigenvalue weighted by molar-refractivity contribution is -0.137. The van der Waals surface area contributed by atoms with E-state index in [0.717, 1.165) is 24.1 Å². The summed E-state index contributed by atoms with van der Waals surface area (Å²) >= 11 is 0. The van der Waals surface area contributed by atoms with E-state index in [9.17, 15) is 26.9 Å². The number of pyridine rings is 1. The summed E-state index contributed by atoms with van der Waals surface area (Å²) in [6.07, 6.45) is 0.00159. The number of nitrogens with zero attached hydrogens (tertiary/aromatic N) is 4. The zero-order valence-electron chi connectivity index (χ0n) is 17.8. The maximum Gasteiger partial charge on any atom is 0.417 e. The van der Waals surface area contributed by atoms with Crippen molar-refractivity contribution in [2.75, 3.05) is 11.6 Å². The molecule has 4 rings (SSSR count). The first-order valence-electron chi connectivity index (χ1n) is 9.86. The standard InChI is InChI=1S/C22H17F3N6O2S/c1-12(13-3-5-16(6-4-13)34(2,32)33)30-21-29-9-14(8-26)19(31-21)18-11-28-20-17(18)7-15(10-27-20)22(23,24)25/h3-7,9-12H,1-2H3,(H,27,28)(H,29,30,31). The van der Waals surface area contributed by atoms with Crippen molar-refractivity contribution in [3.8, 4) is 17.3 Å². The number of anilines is 1. The largest absolute Gasteiger partial charge is 0.417 e. The maximum absolute atomic E-state index is 13.2. The van der Waals surface area contributed by atoms with Crippen LogP contribution in [-0.4, -0.2) is 34.6 Å². The van der Waals surface area contributed by atoms with Gasteiger partial charge >= 0.3 is 6.18 Å². The van der Waals surface area contributed by atoms with Crippen LogP contribution in [0.2, 0.25) is 0 Å². The molecule has 3 aromatic heterocycles. The maximum atomic E-state index is 13.2. The molecule has 1 aromatic carbocycles. The number of alkyl halides is 3. The molecule has 0 spiro atoms. The van der Waals surface area contributed by atoms with Gasteiger partial charge in [-0.2, -0.15) is 18.4 Å². The second kappa shape index (κ2) is 8.42. The molecule has 0 aliphatic heterocycles. The van der Waals surface area contributed by atoms with Gasteiger partial charge in [-0.05, 0) is 30.7 Å². The van der Waals surface area contributed by atoms with E-state index in [2.05, 4.69) is 25.3 Å². The number of rotatable bonds is 5. The van der Waals surface area contributed by atoms with Gasteiger partial charge in [-0.3, -0.25) is 0 Å². The first kappa shape index (κ1) is 23.2. The number of aromatic amines is 1. The van der Waals surface area contributed by atoms with Gasteiger partial charge in [-0.25, -0.2) is 23.4 Å². The van der Waals surface area contributed by atoms with Crippen molar-refractivity contribution in [3.05, 3.63) is 65.6 Å². The van der Waals surface area contributed by atoms with Gasteiger partial charge in [0.15, 0.2) is 9.84 Å². The summed E-state index contributed by atoms with van der Waals surface area (Å²) in [6, 6.07) is 8.87. The second-order valence-corrected chi connectivity index (χ2v) is 9.61. The van der Waals surface area contributed by atoms with Gasteiger partial charge in [0.05, 0.1) is 34.0 Å². The molecule has 174 valence electrons. The molecule has 8 nitrogen and oxygen atoms in total. The Morgan fingerprint density at radius 2 is 1.85 bits per heavy atom. The third-order valence-corrected chi connectivity index (χ3v) is 6.31. The molecule has 3 heterocycles. The van der Waals surface area contributed by atoms with Crippen LogP contribution in [0.25, 0.3) is 22.3 Å². The number of nitriles is 1. The summed E-state index contributed by atoms with van der Waals surface area (Å²) in [5, 5.41) is 12.7. The van der Waals surface area contributed by atoms with Crippen molar-refractivity contribution in [1.29, 1.82) is 5.26 Å². The van der Waals surface area contributed by atoms with Gasteiger partial charge in [0.1, 0.15) is 11.7 Å². The lowest BCUT2D eigenvalue weighted by atomic mass is 10.1. The van der Waals surface area contributed by atoms with Gasteiger partial charge in [-0.1, -0.05) is 12.1 Å². The van der Waals surface area contributed by atoms with Crippen LogP contribution < -0.4 is 5.32 Å². The van der Waals surface area contributed by atoms with Crippen molar-refractivity contribution in [1.82, 2.24) is 19.9 Å². The van der Waals surface area contributed by atoms with Gasteiger partial charge in [0.2, 0.25) is 5.95 Å². The Morgan fingerprint density at radius 1 is 1.15 bits per heavy atom. The van der Waals surface area contributed by atoms with E-state index in [1.165, 1.54) is 24.5 Å². The lowest BCUT2D eigenvalue weighted by Gasteiger charge is -2.15. The number of sulfone groups is 1. The summed E-state index contributed by atoms with van der Waals surface area (Å²) in [5.74, 6) is 0.142. The molecule has 1 atom stereocenters. The van der Waals surface area contributed by atoms with Gasteiger partial charge in [0, 0.05) is 29.6 Å². The van der Waals surface area contributed by atoms with Crippen molar-refractivity contribution < 1.29 is 21.6 Å². The highest BCUT2D eigenvalue weighted by molar-refractivity contribution is 7.90. The minimum atomic E-state index is -4.58. The van der Waals surface area contributed by atoms with Crippen LogP contribution in [0, 0.1) is 11.3 Å². The smallest absolute Gasteiger partial charge is 0.348 e.